The smallest absolute Gasteiger partial charge is 0.0233 e. The Labute approximate surface area is 140 Å². The van der Waals surface area contributed by atoms with Gasteiger partial charge in [-0.1, -0.05) is 92.1 Å². The van der Waals surface area contributed by atoms with Crippen LogP contribution in [0.3, 0.4) is 0 Å². The van der Waals surface area contributed by atoms with Crippen LogP contribution >= 0.6 is 0 Å². The van der Waals surface area contributed by atoms with Gasteiger partial charge in [-0.15, -0.1) is 0 Å². The Morgan fingerprint density at radius 2 is 1.32 bits per heavy atom. The molecule has 3 rings (SSSR count). The predicted molar refractivity (Wildman–Crippen MR) is 101 cm³/mol. The van der Waals surface area contributed by atoms with Crippen molar-refractivity contribution in [2.45, 2.75) is 68.4 Å². The Hall–Kier alpha value is -0.820. The van der Waals surface area contributed by atoms with E-state index in [1.54, 1.807) is 0 Å². The van der Waals surface area contributed by atoms with Gasteiger partial charge in [-0.2, -0.15) is 0 Å². The Morgan fingerprint density at radius 1 is 0.909 bits per heavy atom. The Bertz CT molecular complexity index is 355. The summed E-state index contributed by atoms with van der Waals surface area (Å²) < 4.78 is 0. The third-order valence-electron chi connectivity index (χ3n) is 4.45. The highest BCUT2D eigenvalue weighted by molar-refractivity contribution is 5.17. The van der Waals surface area contributed by atoms with Crippen LogP contribution in [-0.2, 0) is 6.54 Å². The van der Waals surface area contributed by atoms with Gasteiger partial charge in [-0.3, -0.25) is 4.90 Å². The highest BCUT2D eigenvalue weighted by atomic mass is 15.2. The molecule has 1 aromatic carbocycles. The highest BCUT2D eigenvalue weighted by Gasteiger charge is 2.61. The van der Waals surface area contributed by atoms with Crippen molar-refractivity contribution in [1.29, 1.82) is 0 Å². The van der Waals surface area contributed by atoms with E-state index in [2.05, 4.69) is 62.9 Å². The Kier molecular flexibility index (Phi) is 10.4. The first-order valence-electron chi connectivity index (χ1n) is 9.35. The van der Waals surface area contributed by atoms with E-state index in [1.807, 2.05) is 27.7 Å². The lowest BCUT2D eigenvalue weighted by molar-refractivity contribution is 0.251. The molecule has 1 saturated carbocycles. The maximum Gasteiger partial charge on any atom is 0.0233 e. The lowest BCUT2D eigenvalue weighted by Crippen LogP contribution is -2.25. The molecular formula is C21H39N. The fourth-order valence-electron chi connectivity index (χ4n) is 3.18. The molecule has 1 saturated heterocycles. The van der Waals surface area contributed by atoms with Crippen LogP contribution in [0.4, 0.5) is 0 Å². The summed E-state index contributed by atoms with van der Waals surface area (Å²) in [6.45, 7) is 20.9. The second-order valence-electron chi connectivity index (χ2n) is 6.42. The van der Waals surface area contributed by atoms with Crippen LogP contribution in [0.5, 0.6) is 0 Å². The topological polar surface area (TPSA) is 3.24 Å². The molecule has 2 atom stereocenters. The fourth-order valence-corrected chi connectivity index (χ4v) is 3.18. The molecule has 1 aromatic rings. The number of rotatable bonds is 2. The zero-order valence-corrected chi connectivity index (χ0v) is 16.3. The maximum absolute atomic E-state index is 2.61. The van der Waals surface area contributed by atoms with Gasteiger partial charge in [0, 0.05) is 19.6 Å². The third-order valence-corrected chi connectivity index (χ3v) is 4.45. The van der Waals surface area contributed by atoms with Gasteiger partial charge in [0.2, 0.25) is 0 Å². The first-order chi connectivity index (χ1) is 10.6. The first-order valence-corrected chi connectivity index (χ1v) is 9.35. The summed E-state index contributed by atoms with van der Waals surface area (Å²) in [5.74, 6) is 1.95. The molecule has 128 valence electrons. The van der Waals surface area contributed by atoms with Crippen LogP contribution in [-0.4, -0.2) is 18.0 Å². The van der Waals surface area contributed by atoms with Crippen molar-refractivity contribution in [3.05, 3.63) is 35.9 Å². The molecule has 2 aliphatic rings. The van der Waals surface area contributed by atoms with E-state index >= 15 is 0 Å². The second kappa shape index (κ2) is 10.8. The number of nitrogens with zero attached hydrogens (tertiary/aromatic N) is 1. The zero-order chi connectivity index (χ0) is 17.2. The van der Waals surface area contributed by atoms with Crippen molar-refractivity contribution in [2.24, 2.45) is 17.3 Å². The van der Waals surface area contributed by atoms with Gasteiger partial charge in [0.05, 0.1) is 0 Å². The average molecular weight is 306 g/mol. The van der Waals surface area contributed by atoms with Crippen LogP contribution in [0.15, 0.2) is 30.3 Å². The van der Waals surface area contributed by atoms with E-state index in [0.29, 0.717) is 5.41 Å². The summed E-state index contributed by atoms with van der Waals surface area (Å²) in [4.78, 5) is 2.61. The maximum atomic E-state index is 2.61. The van der Waals surface area contributed by atoms with Gasteiger partial charge in [-0.25, -0.2) is 0 Å². The SMILES string of the molecule is CC.CC.CC1(C)C2CN(Cc3ccccc3)CC21.CCC. The summed E-state index contributed by atoms with van der Waals surface area (Å²) in [6.07, 6.45) is 1.25. The third kappa shape index (κ3) is 5.76. The van der Waals surface area contributed by atoms with Gasteiger partial charge < -0.3 is 0 Å². The van der Waals surface area contributed by atoms with E-state index in [1.165, 1.54) is 25.1 Å². The minimum absolute atomic E-state index is 0.646. The average Bonchev–Trinajstić information content (AvgIpc) is 2.90. The van der Waals surface area contributed by atoms with Crippen LogP contribution < -0.4 is 0 Å². The number of hydrogen-bond acceptors (Lipinski definition) is 1. The lowest BCUT2D eigenvalue weighted by Gasteiger charge is -2.21. The van der Waals surface area contributed by atoms with E-state index in [-0.39, 0.29) is 0 Å². The van der Waals surface area contributed by atoms with Crippen LogP contribution in [0.1, 0.15) is 67.4 Å². The van der Waals surface area contributed by atoms with Crippen LogP contribution in [0.25, 0.3) is 0 Å². The molecule has 2 unspecified atom stereocenters. The van der Waals surface area contributed by atoms with Crippen molar-refractivity contribution in [2.75, 3.05) is 13.1 Å². The van der Waals surface area contributed by atoms with E-state index < -0.39 is 0 Å². The molecule has 0 N–H and O–H groups in total. The molecule has 0 spiro atoms. The van der Waals surface area contributed by atoms with Gasteiger partial charge in [-0.05, 0) is 22.8 Å². The minimum Gasteiger partial charge on any atom is -0.298 e. The second-order valence-corrected chi connectivity index (χ2v) is 6.42. The molecular weight excluding hydrogens is 266 g/mol. The molecule has 1 aliphatic heterocycles. The Morgan fingerprint density at radius 3 is 1.73 bits per heavy atom. The van der Waals surface area contributed by atoms with Crippen molar-refractivity contribution in [3.8, 4) is 0 Å². The quantitative estimate of drug-likeness (QED) is 0.625. The lowest BCUT2D eigenvalue weighted by atomic mass is 10.1. The molecule has 0 radical (unpaired) electrons. The van der Waals surface area contributed by atoms with E-state index in [9.17, 15) is 0 Å². The van der Waals surface area contributed by atoms with Gasteiger partial charge >= 0.3 is 0 Å². The number of piperidine rings is 1. The van der Waals surface area contributed by atoms with Crippen molar-refractivity contribution < 1.29 is 0 Å². The molecule has 1 heterocycles. The van der Waals surface area contributed by atoms with E-state index in [4.69, 9.17) is 0 Å². The predicted octanol–water partition coefficient (Wildman–Crippen LogP) is 6.24. The monoisotopic (exact) mass is 305 g/mol. The minimum atomic E-state index is 0.646. The number of benzene rings is 1. The van der Waals surface area contributed by atoms with Crippen molar-refractivity contribution in [3.63, 3.8) is 0 Å². The van der Waals surface area contributed by atoms with Gasteiger partial charge in [0.1, 0.15) is 0 Å². The van der Waals surface area contributed by atoms with Gasteiger partial charge in [0.25, 0.3) is 0 Å². The normalized spacial score (nSPS) is 23.6. The molecule has 22 heavy (non-hydrogen) atoms. The molecule has 2 fully saturated rings. The summed E-state index contributed by atoms with van der Waals surface area (Å²) in [7, 11) is 0. The van der Waals surface area contributed by atoms with Crippen molar-refractivity contribution >= 4 is 0 Å². The number of likely N-dealkylation sites (tertiary alicyclic amines) is 1. The fraction of sp³-hybridized carbons (Fsp3) is 0.714. The largest absolute Gasteiger partial charge is 0.298 e. The summed E-state index contributed by atoms with van der Waals surface area (Å²) in [5.41, 5.74) is 2.10. The standard InChI is InChI=1S/C14H19N.C3H8.2C2H6/c1-14(2)12-9-15(10-13(12)14)8-11-6-4-3-5-7-11;1-3-2;2*1-2/h3-7,12-13H,8-10H2,1-2H3;3H2,1-2H3;2*1-2H3. The molecule has 0 bridgehead atoms. The van der Waals surface area contributed by atoms with Crippen LogP contribution in [0, 0.1) is 17.3 Å². The Balaban J connectivity index is 0.000000553. The zero-order valence-electron chi connectivity index (χ0n) is 16.3. The van der Waals surface area contributed by atoms with Gasteiger partial charge in [0.15, 0.2) is 0 Å². The van der Waals surface area contributed by atoms with Crippen molar-refractivity contribution in [1.82, 2.24) is 4.90 Å². The first kappa shape index (κ1) is 21.2. The molecule has 1 heteroatoms. The van der Waals surface area contributed by atoms with E-state index in [0.717, 1.165) is 18.4 Å². The molecule has 0 aromatic heterocycles. The number of hydrogen-bond donors (Lipinski definition) is 0. The molecule has 1 nitrogen and oxygen atoms in total. The summed E-state index contributed by atoms with van der Waals surface area (Å²) >= 11 is 0. The summed E-state index contributed by atoms with van der Waals surface area (Å²) in [5, 5.41) is 0. The highest BCUT2D eigenvalue weighted by Crippen LogP contribution is 2.62. The molecule has 0 amide bonds. The number of fused-ring (bicyclic) bond motifs is 1. The van der Waals surface area contributed by atoms with Crippen LogP contribution in [0.2, 0.25) is 0 Å². The summed E-state index contributed by atoms with van der Waals surface area (Å²) in [6, 6.07) is 10.8. The molecule has 1 aliphatic carbocycles.